The van der Waals surface area contributed by atoms with E-state index in [-0.39, 0.29) is 17.5 Å². The smallest absolute Gasteiger partial charge is 0.223 e. The molecular weight excluding hydrogens is 276 g/mol. The number of anilines is 1. The molecule has 0 bridgehead atoms. The molecule has 0 aliphatic carbocycles. The molecule has 7 heteroatoms. The van der Waals surface area contributed by atoms with Crippen LogP contribution in [0, 0.1) is 0 Å². The fraction of sp³-hybridized carbons (Fsp3) is 0.692. The van der Waals surface area contributed by atoms with Gasteiger partial charge in [0, 0.05) is 24.8 Å². The van der Waals surface area contributed by atoms with Gasteiger partial charge in [0.2, 0.25) is 5.95 Å². The monoisotopic (exact) mass is 296 g/mol. The third-order valence-electron chi connectivity index (χ3n) is 3.99. The third-order valence-corrected chi connectivity index (χ3v) is 5.70. The van der Waals surface area contributed by atoms with Crippen molar-refractivity contribution in [1.29, 1.82) is 0 Å². The van der Waals surface area contributed by atoms with E-state index in [0.29, 0.717) is 24.8 Å². The van der Waals surface area contributed by atoms with Gasteiger partial charge < -0.3 is 10.6 Å². The first-order chi connectivity index (χ1) is 9.52. The molecule has 0 radical (unpaired) electrons. The minimum Gasteiger partial charge on any atom is -0.351 e. The van der Waals surface area contributed by atoms with Crippen molar-refractivity contribution in [2.45, 2.75) is 44.8 Å². The molecule has 0 spiro atoms. The molecule has 1 aromatic rings. The normalized spacial score (nSPS) is 25.9. The minimum absolute atomic E-state index is 0.159. The topological polar surface area (TPSA) is 84.0 Å². The largest absolute Gasteiger partial charge is 0.351 e. The van der Waals surface area contributed by atoms with Crippen molar-refractivity contribution in [2.75, 3.05) is 16.8 Å². The molecule has 6 nitrogen and oxygen atoms in total. The molecule has 1 aromatic heterocycles. The Kier molecular flexibility index (Phi) is 3.64. The van der Waals surface area contributed by atoms with Gasteiger partial charge in [0.25, 0.3) is 0 Å². The molecule has 2 aliphatic rings. The lowest BCUT2D eigenvalue weighted by Crippen LogP contribution is -2.35. The number of fused-ring (bicyclic) bond motifs is 1. The highest BCUT2D eigenvalue weighted by atomic mass is 32.2. The first-order valence-electron chi connectivity index (χ1n) is 7.07. The molecule has 2 N–H and O–H groups in total. The van der Waals surface area contributed by atoms with Crippen LogP contribution in [0.5, 0.6) is 0 Å². The molecule has 3 rings (SSSR count). The van der Waals surface area contributed by atoms with Gasteiger partial charge in [-0.05, 0) is 31.7 Å². The molecule has 0 aromatic carbocycles. The lowest BCUT2D eigenvalue weighted by molar-refractivity contribution is 0.502. The maximum Gasteiger partial charge on any atom is 0.223 e. The van der Waals surface area contributed by atoms with Gasteiger partial charge in [-0.15, -0.1) is 0 Å². The first-order valence-corrected chi connectivity index (χ1v) is 8.89. The summed E-state index contributed by atoms with van der Waals surface area (Å²) in [6, 6.07) is 0.625. The van der Waals surface area contributed by atoms with Crippen LogP contribution >= 0.6 is 0 Å². The quantitative estimate of drug-likeness (QED) is 0.827. The fourth-order valence-corrected chi connectivity index (χ4v) is 4.22. The summed E-state index contributed by atoms with van der Waals surface area (Å²) >= 11 is 0. The summed E-state index contributed by atoms with van der Waals surface area (Å²) in [5, 5.41) is 6.65. The second-order valence-corrected chi connectivity index (χ2v) is 8.03. The highest BCUT2D eigenvalue weighted by Gasteiger charge is 2.24. The molecule has 1 fully saturated rings. The van der Waals surface area contributed by atoms with E-state index in [1.165, 1.54) is 5.56 Å². The first kappa shape index (κ1) is 13.8. The van der Waals surface area contributed by atoms with Gasteiger partial charge in [0.15, 0.2) is 0 Å². The van der Waals surface area contributed by atoms with Crippen LogP contribution in [0.15, 0.2) is 6.20 Å². The van der Waals surface area contributed by atoms with Gasteiger partial charge in [-0.3, -0.25) is 0 Å². The van der Waals surface area contributed by atoms with E-state index in [0.717, 1.165) is 18.7 Å². The van der Waals surface area contributed by atoms with Crippen molar-refractivity contribution in [1.82, 2.24) is 15.3 Å². The molecule has 0 unspecified atom stereocenters. The van der Waals surface area contributed by atoms with Crippen LogP contribution in [0.3, 0.4) is 0 Å². The average molecular weight is 296 g/mol. The number of nitrogens with one attached hydrogen (secondary N) is 2. The van der Waals surface area contributed by atoms with E-state index in [9.17, 15) is 8.42 Å². The molecule has 0 saturated carbocycles. The molecule has 3 heterocycles. The zero-order chi connectivity index (χ0) is 14.2. The molecule has 20 heavy (non-hydrogen) atoms. The van der Waals surface area contributed by atoms with E-state index in [1.807, 2.05) is 6.20 Å². The van der Waals surface area contributed by atoms with Crippen LogP contribution in [-0.2, 0) is 22.8 Å². The van der Waals surface area contributed by atoms with Crippen molar-refractivity contribution in [3.8, 4) is 0 Å². The zero-order valence-electron chi connectivity index (χ0n) is 11.6. The van der Waals surface area contributed by atoms with E-state index in [2.05, 4.69) is 27.5 Å². The Bertz CT molecular complexity index is 588. The lowest BCUT2D eigenvalue weighted by Gasteiger charge is -2.25. The highest BCUT2D eigenvalue weighted by Crippen LogP contribution is 2.18. The van der Waals surface area contributed by atoms with Crippen molar-refractivity contribution >= 4 is 15.8 Å². The Hall–Kier alpha value is -1.21. The Morgan fingerprint density at radius 1 is 1.35 bits per heavy atom. The van der Waals surface area contributed by atoms with Crippen molar-refractivity contribution in [3.05, 3.63) is 17.5 Å². The second-order valence-electron chi connectivity index (χ2n) is 5.72. The maximum absolute atomic E-state index is 11.4. The lowest BCUT2D eigenvalue weighted by atomic mass is 10.0. The van der Waals surface area contributed by atoms with Gasteiger partial charge in [-0.25, -0.2) is 18.4 Å². The summed E-state index contributed by atoms with van der Waals surface area (Å²) in [6.45, 7) is 2.92. The van der Waals surface area contributed by atoms with Crippen LogP contribution in [0.1, 0.15) is 31.0 Å². The molecule has 2 aliphatic heterocycles. The van der Waals surface area contributed by atoms with Crippen LogP contribution < -0.4 is 10.6 Å². The van der Waals surface area contributed by atoms with E-state index < -0.39 is 9.84 Å². The van der Waals surface area contributed by atoms with Gasteiger partial charge in [0.05, 0.1) is 17.2 Å². The van der Waals surface area contributed by atoms with Crippen LogP contribution in [0.4, 0.5) is 5.95 Å². The van der Waals surface area contributed by atoms with Gasteiger partial charge >= 0.3 is 0 Å². The summed E-state index contributed by atoms with van der Waals surface area (Å²) < 4.78 is 22.8. The highest BCUT2D eigenvalue weighted by molar-refractivity contribution is 7.91. The number of rotatable bonds is 2. The predicted octanol–water partition coefficient (Wildman–Crippen LogP) is 0.500. The van der Waals surface area contributed by atoms with E-state index in [4.69, 9.17) is 0 Å². The molecule has 1 saturated heterocycles. The van der Waals surface area contributed by atoms with E-state index in [1.54, 1.807) is 0 Å². The predicted molar refractivity (Wildman–Crippen MR) is 77.3 cm³/mol. The molecule has 1 atom stereocenters. The number of sulfone groups is 1. The SMILES string of the molecule is C[C@@H]1Cc2cnc(NC3CCS(=O)(=O)CC3)nc2CN1. The summed E-state index contributed by atoms with van der Waals surface area (Å²) in [5.74, 6) is 1.13. The average Bonchev–Trinajstić information content (AvgIpc) is 2.41. The second kappa shape index (κ2) is 5.29. The zero-order valence-corrected chi connectivity index (χ0v) is 12.4. The summed E-state index contributed by atoms with van der Waals surface area (Å²) in [6.07, 6.45) is 4.12. The van der Waals surface area contributed by atoms with Crippen LogP contribution in [0.2, 0.25) is 0 Å². The summed E-state index contributed by atoms with van der Waals surface area (Å²) in [4.78, 5) is 8.90. The van der Waals surface area contributed by atoms with Gasteiger partial charge in [-0.2, -0.15) is 0 Å². The summed E-state index contributed by atoms with van der Waals surface area (Å²) in [7, 11) is -2.82. The number of aromatic nitrogens is 2. The number of hydrogen-bond donors (Lipinski definition) is 2. The fourth-order valence-electron chi connectivity index (χ4n) is 2.73. The van der Waals surface area contributed by atoms with E-state index >= 15 is 0 Å². The Labute approximate surface area is 119 Å². The minimum atomic E-state index is -2.82. The molecule has 110 valence electrons. The van der Waals surface area contributed by atoms with Gasteiger partial charge in [0.1, 0.15) is 9.84 Å². The van der Waals surface area contributed by atoms with Crippen LogP contribution in [0.25, 0.3) is 0 Å². The van der Waals surface area contributed by atoms with Crippen LogP contribution in [-0.4, -0.2) is 42.0 Å². The molecule has 0 amide bonds. The molecular formula is C13H20N4O2S. The number of hydrogen-bond acceptors (Lipinski definition) is 6. The van der Waals surface area contributed by atoms with Crippen molar-refractivity contribution in [3.63, 3.8) is 0 Å². The van der Waals surface area contributed by atoms with Crippen molar-refractivity contribution < 1.29 is 8.42 Å². The van der Waals surface area contributed by atoms with Gasteiger partial charge in [-0.1, -0.05) is 0 Å². The maximum atomic E-state index is 11.4. The number of nitrogens with zero attached hydrogens (tertiary/aromatic N) is 2. The standard InChI is InChI=1S/C13H20N4O2S/c1-9-6-10-7-15-13(17-12(10)8-14-9)16-11-2-4-20(18,19)5-3-11/h7,9,11,14H,2-6,8H2,1H3,(H,15,16,17)/t9-/m1/s1. The Morgan fingerprint density at radius 3 is 2.85 bits per heavy atom. The van der Waals surface area contributed by atoms with Crippen molar-refractivity contribution in [2.24, 2.45) is 0 Å². The summed E-state index contributed by atoms with van der Waals surface area (Å²) in [5.41, 5.74) is 2.25. The third kappa shape index (κ3) is 3.09. The Balaban J connectivity index is 1.67. The Morgan fingerprint density at radius 2 is 2.10 bits per heavy atom.